The summed E-state index contributed by atoms with van der Waals surface area (Å²) < 4.78 is 0. The lowest BCUT2D eigenvalue weighted by atomic mass is 9.69. The van der Waals surface area contributed by atoms with Crippen molar-refractivity contribution in [1.82, 2.24) is 0 Å². The molecule has 5 atom stereocenters. The Bertz CT molecular complexity index is 620. The molecule has 4 heteroatoms. The maximum atomic E-state index is 9.06. The van der Waals surface area contributed by atoms with Crippen molar-refractivity contribution in [2.45, 2.75) is 25.4 Å². The van der Waals surface area contributed by atoms with Gasteiger partial charge in [0.05, 0.1) is 10.6 Å². The van der Waals surface area contributed by atoms with E-state index in [1.165, 1.54) is 18.1 Å². The minimum absolute atomic E-state index is 0.572. The van der Waals surface area contributed by atoms with Gasteiger partial charge in [-0.1, -0.05) is 38.4 Å². The average molecular weight is 319 g/mol. The minimum atomic E-state index is 0.572. The number of fused-ring (bicyclic) bond motifs is 2. The summed E-state index contributed by atoms with van der Waals surface area (Å²) in [6.45, 7) is 2.80. The minimum Gasteiger partial charge on any atom is -0.330 e. The van der Waals surface area contributed by atoms with Crippen LogP contribution in [0.25, 0.3) is 0 Å². The summed E-state index contributed by atoms with van der Waals surface area (Å²) in [5.41, 5.74) is 8.33. The van der Waals surface area contributed by atoms with Gasteiger partial charge in [-0.2, -0.15) is 5.26 Å². The van der Waals surface area contributed by atoms with Crippen LogP contribution in [0.15, 0.2) is 24.3 Å². The molecule has 0 aromatic heterocycles. The summed E-state index contributed by atoms with van der Waals surface area (Å²) >= 11 is 6.31. The fraction of sp³-hybridized carbons (Fsp3) is 0.471. The smallest absolute Gasteiger partial charge is 0.101 e. The monoisotopic (exact) mass is 318 g/mol. The topological polar surface area (TPSA) is 49.8 Å². The zero-order valence-corrected chi connectivity index (χ0v) is 13.9. The van der Waals surface area contributed by atoms with E-state index in [0.29, 0.717) is 34.0 Å². The van der Waals surface area contributed by atoms with E-state index >= 15 is 0 Å². The summed E-state index contributed by atoms with van der Waals surface area (Å²) in [7, 11) is 0.726. The number of nitrogens with two attached hydrogens (primary N) is 1. The van der Waals surface area contributed by atoms with Crippen molar-refractivity contribution in [3.8, 4) is 6.07 Å². The molecule has 0 radical (unpaired) electrons. The van der Waals surface area contributed by atoms with Crippen LogP contribution in [0.3, 0.4) is 0 Å². The quantitative estimate of drug-likeness (QED) is 0.686. The van der Waals surface area contributed by atoms with Gasteiger partial charge in [0.25, 0.3) is 0 Å². The number of hydrogen-bond acceptors (Lipinski definition) is 2. The lowest BCUT2D eigenvalue weighted by Crippen LogP contribution is -2.43. The third-order valence-corrected chi connectivity index (χ3v) is 7.54. The number of benzene rings is 1. The van der Waals surface area contributed by atoms with E-state index in [4.69, 9.17) is 22.6 Å². The van der Waals surface area contributed by atoms with Gasteiger partial charge >= 0.3 is 0 Å². The van der Waals surface area contributed by atoms with Crippen LogP contribution in [0.5, 0.6) is 0 Å². The Morgan fingerprint density at radius 1 is 1.33 bits per heavy atom. The van der Waals surface area contributed by atoms with E-state index in [-0.39, 0.29) is 0 Å². The van der Waals surface area contributed by atoms with Crippen LogP contribution in [-0.4, -0.2) is 12.2 Å². The van der Waals surface area contributed by atoms with Gasteiger partial charge in [0.15, 0.2) is 0 Å². The Balaban J connectivity index is 1.89. The second kappa shape index (κ2) is 6.09. The molecule has 1 fully saturated rings. The molecule has 0 heterocycles. The first-order valence-electron chi connectivity index (χ1n) is 7.49. The van der Waals surface area contributed by atoms with Crippen LogP contribution >= 0.6 is 20.2 Å². The Morgan fingerprint density at radius 3 is 2.67 bits per heavy atom. The van der Waals surface area contributed by atoms with E-state index in [1.807, 2.05) is 13.0 Å². The van der Waals surface area contributed by atoms with Crippen molar-refractivity contribution in [1.29, 1.82) is 5.26 Å². The summed E-state index contributed by atoms with van der Waals surface area (Å²) in [6, 6.07) is 6.09. The molecule has 2 nitrogen and oxygen atoms in total. The number of hydrogen-bond donors (Lipinski definition) is 1. The van der Waals surface area contributed by atoms with Gasteiger partial charge in [0, 0.05) is 0 Å². The summed E-state index contributed by atoms with van der Waals surface area (Å²) in [6.07, 6.45) is 7.36. The van der Waals surface area contributed by atoms with Gasteiger partial charge in [-0.25, -0.2) is 0 Å². The fourth-order valence-electron chi connectivity index (χ4n) is 3.75. The highest BCUT2D eigenvalue weighted by molar-refractivity contribution is 7.48. The highest BCUT2D eigenvalue weighted by atomic mass is 35.5. The van der Waals surface area contributed by atoms with Gasteiger partial charge in [-0.15, -0.1) is 0 Å². The standard InChI is InChI=1S/C17H20ClN2P/c1-10-15(7-6-13(8-19)16(10)18)21-17-12-4-2-11(3-5-12)14(17)9-20/h2,4,6-7,11-12,14,17,21H,3,5,9,20H2,1H3. The molecular formula is C17H20ClN2P. The van der Waals surface area contributed by atoms with Gasteiger partial charge in [0.1, 0.15) is 6.07 Å². The van der Waals surface area contributed by atoms with E-state index < -0.39 is 0 Å². The molecule has 3 aliphatic rings. The third-order valence-electron chi connectivity index (χ3n) is 5.01. The van der Waals surface area contributed by atoms with Crippen LogP contribution in [0.2, 0.25) is 5.02 Å². The van der Waals surface area contributed by atoms with Crippen molar-refractivity contribution in [3.05, 3.63) is 40.4 Å². The normalized spacial score (nSPS) is 31.0. The number of nitrogens with zero attached hydrogens (tertiary/aromatic N) is 1. The molecule has 0 saturated heterocycles. The van der Waals surface area contributed by atoms with Gasteiger partial charge in [-0.3, -0.25) is 0 Å². The van der Waals surface area contributed by atoms with Crippen LogP contribution in [0.1, 0.15) is 24.0 Å². The molecule has 1 aromatic rings. The second-order valence-electron chi connectivity index (χ2n) is 6.07. The maximum Gasteiger partial charge on any atom is 0.101 e. The number of nitriles is 1. The molecule has 3 aliphatic carbocycles. The number of rotatable bonds is 3. The molecule has 1 saturated carbocycles. The number of halogens is 1. The molecule has 0 aliphatic heterocycles. The Kier molecular flexibility index (Phi) is 4.36. The van der Waals surface area contributed by atoms with Crippen LogP contribution < -0.4 is 11.0 Å². The van der Waals surface area contributed by atoms with Crippen LogP contribution in [0, 0.1) is 36.0 Å². The predicted octanol–water partition coefficient (Wildman–Crippen LogP) is 3.36. The zero-order chi connectivity index (χ0) is 15.0. The lowest BCUT2D eigenvalue weighted by molar-refractivity contribution is 0.236. The first-order chi connectivity index (χ1) is 10.2. The van der Waals surface area contributed by atoms with E-state index in [1.54, 1.807) is 0 Å². The molecule has 5 unspecified atom stereocenters. The molecule has 0 spiro atoms. The molecule has 21 heavy (non-hydrogen) atoms. The first kappa shape index (κ1) is 15.0. The average Bonchev–Trinajstić information content (AvgIpc) is 2.53. The van der Waals surface area contributed by atoms with Gasteiger partial charge < -0.3 is 5.73 Å². The summed E-state index contributed by atoms with van der Waals surface area (Å²) in [5, 5.41) is 11.0. The van der Waals surface area contributed by atoms with Crippen LogP contribution in [-0.2, 0) is 0 Å². The van der Waals surface area contributed by atoms with E-state index in [2.05, 4.69) is 24.3 Å². The first-order valence-corrected chi connectivity index (χ1v) is 8.95. The summed E-state index contributed by atoms with van der Waals surface area (Å²) in [5.74, 6) is 1.92. The molecule has 1 aromatic carbocycles. The van der Waals surface area contributed by atoms with E-state index in [0.717, 1.165) is 20.7 Å². The van der Waals surface area contributed by atoms with Crippen molar-refractivity contribution >= 4 is 25.5 Å². The fourth-order valence-corrected chi connectivity index (χ4v) is 6.00. The van der Waals surface area contributed by atoms with Crippen molar-refractivity contribution < 1.29 is 0 Å². The Labute approximate surface area is 133 Å². The Hall–Kier alpha value is -0.870. The highest BCUT2D eigenvalue weighted by Crippen LogP contribution is 2.48. The summed E-state index contributed by atoms with van der Waals surface area (Å²) in [4.78, 5) is 0. The van der Waals surface area contributed by atoms with Crippen molar-refractivity contribution in [2.24, 2.45) is 23.5 Å². The molecule has 0 amide bonds. The Morgan fingerprint density at radius 2 is 2.05 bits per heavy atom. The van der Waals surface area contributed by atoms with Crippen molar-refractivity contribution in [3.63, 3.8) is 0 Å². The third kappa shape index (κ3) is 2.64. The predicted molar refractivity (Wildman–Crippen MR) is 90.5 cm³/mol. The lowest BCUT2D eigenvalue weighted by Gasteiger charge is -2.45. The highest BCUT2D eigenvalue weighted by Gasteiger charge is 2.39. The second-order valence-corrected chi connectivity index (χ2v) is 7.94. The number of allylic oxidation sites excluding steroid dienone is 2. The SMILES string of the molecule is Cc1c(PC2C3C=CC(CC3)C2CN)ccc(C#N)c1Cl. The van der Waals surface area contributed by atoms with Gasteiger partial charge in [0.2, 0.25) is 0 Å². The molecular weight excluding hydrogens is 299 g/mol. The molecule has 2 bridgehead atoms. The molecule has 110 valence electrons. The van der Waals surface area contributed by atoms with Crippen molar-refractivity contribution in [2.75, 3.05) is 6.54 Å². The maximum absolute atomic E-state index is 9.06. The van der Waals surface area contributed by atoms with Gasteiger partial charge in [-0.05, 0) is 66.7 Å². The zero-order valence-electron chi connectivity index (χ0n) is 12.1. The van der Waals surface area contributed by atoms with Crippen LogP contribution in [0.4, 0.5) is 0 Å². The van der Waals surface area contributed by atoms with E-state index in [9.17, 15) is 0 Å². The molecule has 2 N–H and O–H groups in total. The largest absolute Gasteiger partial charge is 0.330 e. The molecule has 4 rings (SSSR count).